The van der Waals surface area contributed by atoms with E-state index in [1.807, 2.05) is 39.4 Å². The second-order valence-corrected chi connectivity index (χ2v) is 6.42. The third kappa shape index (κ3) is 2.36. The van der Waals surface area contributed by atoms with E-state index in [-0.39, 0.29) is 11.9 Å². The Morgan fingerprint density at radius 1 is 1.38 bits per heavy atom. The molecular weight excluding hydrogens is 304 g/mol. The van der Waals surface area contributed by atoms with E-state index in [4.69, 9.17) is 0 Å². The lowest BCUT2D eigenvalue weighted by Crippen LogP contribution is -2.41. The monoisotopic (exact) mass is 324 g/mol. The summed E-state index contributed by atoms with van der Waals surface area (Å²) in [6, 6.07) is 1.96. The summed E-state index contributed by atoms with van der Waals surface area (Å²) in [7, 11) is 1.85. The molecule has 3 aromatic heterocycles. The van der Waals surface area contributed by atoms with E-state index in [1.165, 1.54) is 0 Å². The Morgan fingerprint density at radius 3 is 3.04 bits per heavy atom. The van der Waals surface area contributed by atoms with Gasteiger partial charge in [0, 0.05) is 44.1 Å². The molecule has 0 saturated carbocycles. The molecule has 3 aromatic rings. The Balaban J connectivity index is 1.65. The van der Waals surface area contributed by atoms with Crippen LogP contribution in [0, 0.1) is 13.8 Å². The number of pyridine rings is 1. The minimum Gasteiger partial charge on any atom is -0.347 e. The third-order valence-corrected chi connectivity index (χ3v) is 4.61. The molecule has 7 nitrogen and oxygen atoms in total. The van der Waals surface area contributed by atoms with E-state index in [2.05, 4.69) is 25.0 Å². The number of fused-ring (bicyclic) bond motifs is 2. The predicted molar refractivity (Wildman–Crippen MR) is 89.8 cm³/mol. The summed E-state index contributed by atoms with van der Waals surface area (Å²) in [5, 5.41) is 8.41. The van der Waals surface area contributed by atoms with Crippen molar-refractivity contribution in [1.29, 1.82) is 0 Å². The lowest BCUT2D eigenvalue weighted by molar-refractivity contribution is 0.0929. The number of hydrogen-bond acceptors (Lipinski definition) is 4. The van der Waals surface area contributed by atoms with E-state index < -0.39 is 0 Å². The molecule has 0 aromatic carbocycles. The molecule has 0 aliphatic carbocycles. The molecule has 0 spiro atoms. The number of hydrogen-bond donors (Lipinski definition) is 1. The van der Waals surface area contributed by atoms with E-state index >= 15 is 0 Å². The van der Waals surface area contributed by atoms with Gasteiger partial charge >= 0.3 is 0 Å². The Hall–Kier alpha value is -2.70. The fourth-order valence-electron chi connectivity index (χ4n) is 3.50. The molecule has 1 N–H and O–H groups in total. The number of rotatable bonds is 2. The zero-order valence-electron chi connectivity index (χ0n) is 14.1. The molecule has 0 unspecified atom stereocenters. The molecular formula is C17H20N6O. The highest BCUT2D eigenvalue weighted by Crippen LogP contribution is 2.22. The van der Waals surface area contributed by atoms with Gasteiger partial charge < -0.3 is 9.88 Å². The van der Waals surface area contributed by atoms with Gasteiger partial charge in [0.05, 0.1) is 16.6 Å². The fraction of sp³-hybridized carbons (Fsp3) is 0.412. The first-order chi connectivity index (χ1) is 11.5. The molecule has 0 saturated heterocycles. The molecule has 0 bridgehead atoms. The topological polar surface area (TPSA) is 77.6 Å². The largest absolute Gasteiger partial charge is 0.347 e. The zero-order chi connectivity index (χ0) is 16.8. The molecule has 0 radical (unpaired) electrons. The van der Waals surface area contributed by atoms with Crippen LogP contribution < -0.4 is 5.32 Å². The van der Waals surface area contributed by atoms with Crippen LogP contribution in [0.3, 0.4) is 0 Å². The first-order valence-electron chi connectivity index (χ1n) is 8.15. The van der Waals surface area contributed by atoms with Crippen molar-refractivity contribution in [1.82, 2.24) is 29.6 Å². The maximum Gasteiger partial charge on any atom is 0.252 e. The lowest BCUT2D eigenvalue weighted by Gasteiger charge is -2.25. The molecule has 124 valence electrons. The summed E-state index contributed by atoms with van der Waals surface area (Å²) in [6.45, 7) is 4.58. The van der Waals surface area contributed by atoms with Crippen LogP contribution in [0.4, 0.5) is 0 Å². The van der Waals surface area contributed by atoms with Crippen molar-refractivity contribution in [2.24, 2.45) is 7.05 Å². The van der Waals surface area contributed by atoms with Crippen molar-refractivity contribution < 1.29 is 4.79 Å². The highest BCUT2D eigenvalue weighted by molar-refractivity contribution is 6.06. The number of carbonyl (C=O) groups is 1. The maximum absolute atomic E-state index is 12.9. The molecule has 1 aliphatic rings. The third-order valence-electron chi connectivity index (χ3n) is 4.61. The van der Waals surface area contributed by atoms with Gasteiger partial charge in [0.15, 0.2) is 5.65 Å². The van der Waals surface area contributed by atoms with E-state index in [0.717, 1.165) is 47.6 Å². The summed E-state index contributed by atoms with van der Waals surface area (Å²) < 4.78 is 3.84. The summed E-state index contributed by atoms with van der Waals surface area (Å²) in [5.41, 5.74) is 3.04. The van der Waals surface area contributed by atoms with Gasteiger partial charge in [-0.25, -0.2) is 9.97 Å². The van der Waals surface area contributed by atoms with Crippen LogP contribution in [0.2, 0.25) is 0 Å². The molecule has 4 heterocycles. The summed E-state index contributed by atoms with van der Waals surface area (Å²) in [4.78, 5) is 21.7. The number of aryl methyl sites for hydroxylation is 4. The van der Waals surface area contributed by atoms with Crippen molar-refractivity contribution in [3.8, 4) is 0 Å². The van der Waals surface area contributed by atoms with E-state index in [9.17, 15) is 4.79 Å². The molecule has 4 rings (SSSR count). The number of nitrogens with zero attached hydrogens (tertiary/aromatic N) is 5. The Kier molecular flexibility index (Phi) is 3.37. The summed E-state index contributed by atoms with van der Waals surface area (Å²) in [5.74, 6) is 1.03. The first-order valence-corrected chi connectivity index (χ1v) is 8.15. The number of carbonyl (C=O) groups excluding carboxylic acids is 1. The van der Waals surface area contributed by atoms with Crippen molar-refractivity contribution in [3.05, 3.63) is 41.2 Å². The average Bonchev–Trinajstić information content (AvgIpc) is 3.11. The molecule has 7 heteroatoms. The van der Waals surface area contributed by atoms with Crippen LogP contribution in [0.1, 0.15) is 34.0 Å². The van der Waals surface area contributed by atoms with Crippen molar-refractivity contribution in [2.75, 3.05) is 0 Å². The van der Waals surface area contributed by atoms with Crippen LogP contribution in [-0.2, 0) is 20.0 Å². The molecule has 1 aliphatic heterocycles. The number of aromatic nitrogens is 5. The predicted octanol–water partition coefficient (Wildman–Crippen LogP) is 1.53. The van der Waals surface area contributed by atoms with Crippen molar-refractivity contribution in [3.63, 3.8) is 0 Å². The molecule has 1 atom stereocenters. The average molecular weight is 324 g/mol. The van der Waals surface area contributed by atoms with Gasteiger partial charge in [-0.15, -0.1) is 0 Å². The smallest absolute Gasteiger partial charge is 0.252 e. The quantitative estimate of drug-likeness (QED) is 0.775. The van der Waals surface area contributed by atoms with Crippen LogP contribution in [0.15, 0.2) is 18.5 Å². The second kappa shape index (κ2) is 5.43. The Bertz CT molecular complexity index is 938. The fourth-order valence-corrected chi connectivity index (χ4v) is 3.50. The van der Waals surface area contributed by atoms with Crippen LogP contribution in [-0.4, -0.2) is 36.3 Å². The molecule has 24 heavy (non-hydrogen) atoms. The van der Waals surface area contributed by atoms with Crippen LogP contribution in [0.5, 0.6) is 0 Å². The van der Waals surface area contributed by atoms with E-state index in [1.54, 1.807) is 4.68 Å². The molecule has 1 amide bonds. The van der Waals surface area contributed by atoms with Crippen molar-refractivity contribution in [2.45, 2.75) is 39.3 Å². The summed E-state index contributed by atoms with van der Waals surface area (Å²) in [6.07, 6.45) is 5.57. The van der Waals surface area contributed by atoms with E-state index in [0.29, 0.717) is 5.56 Å². The lowest BCUT2D eigenvalue weighted by atomic mass is 10.0. The van der Waals surface area contributed by atoms with Gasteiger partial charge in [-0.05, 0) is 26.3 Å². The minimum atomic E-state index is -0.0600. The van der Waals surface area contributed by atoms with Gasteiger partial charge in [0.1, 0.15) is 5.82 Å². The van der Waals surface area contributed by atoms with Gasteiger partial charge in [0.2, 0.25) is 0 Å². The van der Waals surface area contributed by atoms with Crippen molar-refractivity contribution >= 4 is 16.9 Å². The minimum absolute atomic E-state index is 0.0600. The second-order valence-electron chi connectivity index (χ2n) is 6.42. The standard InChI is InChI=1S/C17H20N6O/c1-10-8-13(15-11(2)21-22(3)16(15)19-10)17(24)20-12-4-5-14-18-6-7-23(14)9-12/h6-8,12H,4-5,9H2,1-3H3,(H,20,24)/t12-/m0/s1. The molecule has 0 fully saturated rings. The summed E-state index contributed by atoms with van der Waals surface area (Å²) >= 11 is 0. The number of nitrogens with one attached hydrogen (secondary N) is 1. The van der Waals surface area contributed by atoms with Crippen LogP contribution >= 0.6 is 0 Å². The van der Waals surface area contributed by atoms with Gasteiger partial charge in [-0.2, -0.15) is 5.10 Å². The first kappa shape index (κ1) is 14.9. The van der Waals surface area contributed by atoms with Crippen LogP contribution in [0.25, 0.3) is 11.0 Å². The van der Waals surface area contributed by atoms with Gasteiger partial charge in [-0.1, -0.05) is 0 Å². The van der Waals surface area contributed by atoms with Gasteiger partial charge in [0.25, 0.3) is 5.91 Å². The maximum atomic E-state index is 12.9. The Morgan fingerprint density at radius 2 is 2.21 bits per heavy atom. The Labute approximate surface area is 139 Å². The highest BCUT2D eigenvalue weighted by atomic mass is 16.1. The number of amides is 1. The van der Waals surface area contributed by atoms with Gasteiger partial charge in [-0.3, -0.25) is 9.48 Å². The normalized spacial score (nSPS) is 17.0. The number of imidazole rings is 1. The highest BCUT2D eigenvalue weighted by Gasteiger charge is 2.23. The zero-order valence-corrected chi connectivity index (χ0v) is 14.1. The SMILES string of the molecule is Cc1cc(C(=O)N[C@H]2CCc3nccn3C2)c2c(C)nn(C)c2n1.